The van der Waals surface area contributed by atoms with Gasteiger partial charge in [0.15, 0.2) is 6.29 Å². The van der Waals surface area contributed by atoms with E-state index in [-0.39, 0.29) is 0 Å². The Morgan fingerprint density at radius 1 is 1.13 bits per heavy atom. The summed E-state index contributed by atoms with van der Waals surface area (Å²) < 4.78 is 27.2. The highest BCUT2D eigenvalue weighted by atomic mass is 19.1. The minimum atomic E-state index is -0.671. The van der Waals surface area contributed by atoms with Crippen molar-refractivity contribution >= 4 is 6.29 Å². The molecule has 0 saturated carbocycles. The standard InChI is InChI=1S/C11H7F2NO/c12-8-4-9(13)6-11(5-8)14-3-1-2-10(14)7-15/h1-7H. The lowest BCUT2D eigenvalue weighted by atomic mass is 10.3. The number of aldehydes is 1. The van der Waals surface area contributed by atoms with Gasteiger partial charge in [0.2, 0.25) is 0 Å². The summed E-state index contributed by atoms with van der Waals surface area (Å²) in [5, 5.41) is 0. The summed E-state index contributed by atoms with van der Waals surface area (Å²) in [7, 11) is 0. The van der Waals surface area contributed by atoms with Crippen LogP contribution in [0, 0.1) is 11.6 Å². The van der Waals surface area contributed by atoms with Gasteiger partial charge in [-0.05, 0) is 24.3 Å². The van der Waals surface area contributed by atoms with Crippen molar-refractivity contribution in [1.29, 1.82) is 0 Å². The summed E-state index contributed by atoms with van der Waals surface area (Å²) in [6, 6.07) is 6.31. The van der Waals surface area contributed by atoms with E-state index in [4.69, 9.17) is 0 Å². The number of carbonyl (C=O) groups is 1. The molecule has 0 N–H and O–H groups in total. The van der Waals surface area contributed by atoms with E-state index in [1.54, 1.807) is 18.3 Å². The van der Waals surface area contributed by atoms with Gasteiger partial charge in [-0.1, -0.05) is 0 Å². The molecule has 0 spiro atoms. The molecule has 0 amide bonds. The van der Waals surface area contributed by atoms with Crippen LogP contribution in [0.3, 0.4) is 0 Å². The molecular formula is C11H7F2NO. The van der Waals surface area contributed by atoms with Gasteiger partial charge in [-0.25, -0.2) is 8.78 Å². The largest absolute Gasteiger partial charge is 0.314 e. The minimum Gasteiger partial charge on any atom is -0.314 e. The second-order valence-corrected chi connectivity index (χ2v) is 3.05. The molecule has 76 valence electrons. The lowest BCUT2D eigenvalue weighted by Crippen LogP contribution is -1.98. The number of nitrogens with zero attached hydrogens (tertiary/aromatic N) is 1. The van der Waals surface area contributed by atoms with Crippen molar-refractivity contribution < 1.29 is 13.6 Å². The number of benzene rings is 1. The van der Waals surface area contributed by atoms with Crippen molar-refractivity contribution in [2.24, 2.45) is 0 Å². The lowest BCUT2D eigenvalue weighted by molar-refractivity contribution is 0.111. The van der Waals surface area contributed by atoms with E-state index in [9.17, 15) is 13.6 Å². The predicted molar refractivity (Wildman–Crippen MR) is 51.1 cm³/mol. The van der Waals surface area contributed by atoms with E-state index in [1.165, 1.54) is 4.57 Å². The number of rotatable bonds is 2. The zero-order chi connectivity index (χ0) is 10.8. The van der Waals surface area contributed by atoms with Gasteiger partial charge in [0.05, 0.1) is 11.4 Å². The maximum absolute atomic E-state index is 12.9. The van der Waals surface area contributed by atoms with Crippen LogP contribution in [0.25, 0.3) is 5.69 Å². The molecule has 0 aliphatic heterocycles. The molecule has 0 radical (unpaired) electrons. The van der Waals surface area contributed by atoms with E-state index < -0.39 is 11.6 Å². The summed E-state index contributed by atoms with van der Waals surface area (Å²) in [5.41, 5.74) is 0.639. The number of aromatic nitrogens is 1. The molecule has 0 saturated heterocycles. The number of carbonyl (C=O) groups excluding carboxylic acids is 1. The summed E-state index contributed by atoms with van der Waals surface area (Å²) in [6.45, 7) is 0. The number of hydrogen-bond donors (Lipinski definition) is 0. The molecule has 2 nitrogen and oxygen atoms in total. The molecule has 2 rings (SSSR count). The van der Waals surface area contributed by atoms with Crippen LogP contribution >= 0.6 is 0 Å². The summed E-state index contributed by atoms with van der Waals surface area (Å²) in [4.78, 5) is 10.6. The van der Waals surface area contributed by atoms with E-state index >= 15 is 0 Å². The highest BCUT2D eigenvalue weighted by molar-refractivity contribution is 5.73. The second-order valence-electron chi connectivity index (χ2n) is 3.05. The maximum Gasteiger partial charge on any atom is 0.166 e. The zero-order valence-corrected chi connectivity index (χ0v) is 7.65. The van der Waals surface area contributed by atoms with Gasteiger partial charge in [0.25, 0.3) is 0 Å². The summed E-state index contributed by atoms with van der Waals surface area (Å²) in [5.74, 6) is -1.34. The zero-order valence-electron chi connectivity index (χ0n) is 7.65. The quantitative estimate of drug-likeness (QED) is 0.693. The fourth-order valence-corrected chi connectivity index (χ4v) is 1.40. The average molecular weight is 207 g/mol. The van der Waals surface area contributed by atoms with Gasteiger partial charge in [-0.15, -0.1) is 0 Å². The molecule has 0 aliphatic rings. The van der Waals surface area contributed by atoms with Crippen molar-refractivity contribution in [1.82, 2.24) is 4.57 Å². The normalized spacial score (nSPS) is 10.3. The molecule has 0 aliphatic carbocycles. The molecule has 1 aromatic carbocycles. The van der Waals surface area contributed by atoms with Gasteiger partial charge in [0, 0.05) is 12.3 Å². The van der Waals surface area contributed by atoms with Gasteiger partial charge < -0.3 is 4.57 Å². The predicted octanol–water partition coefficient (Wildman–Crippen LogP) is 2.57. The van der Waals surface area contributed by atoms with Crippen LogP contribution in [0.5, 0.6) is 0 Å². The molecule has 2 aromatic rings. The fraction of sp³-hybridized carbons (Fsp3) is 0. The lowest BCUT2D eigenvalue weighted by Gasteiger charge is -2.05. The van der Waals surface area contributed by atoms with Crippen LogP contribution < -0.4 is 0 Å². The van der Waals surface area contributed by atoms with Gasteiger partial charge in [0.1, 0.15) is 11.6 Å². The first-order valence-corrected chi connectivity index (χ1v) is 4.30. The Kier molecular flexibility index (Phi) is 2.33. The third-order valence-corrected chi connectivity index (χ3v) is 2.03. The van der Waals surface area contributed by atoms with Gasteiger partial charge in [-0.3, -0.25) is 4.79 Å². The first-order valence-electron chi connectivity index (χ1n) is 4.30. The van der Waals surface area contributed by atoms with Crippen LogP contribution in [0.2, 0.25) is 0 Å². The van der Waals surface area contributed by atoms with Crippen LogP contribution in [0.4, 0.5) is 8.78 Å². The van der Waals surface area contributed by atoms with E-state index in [1.807, 2.05) is 0 Å². The van der Waals surface area contributed by atoms with Crippen LogP contribution in [-0.4, -0.2) is 10.9 Å². The van der Waals surface area contributed by atoms with Crippen molar-refractivity contribution in [2.75, 3.05) is 0 Å². The van der Waals surface area contributed by atoms with E-state index in [0.717, 1.165) is 18.2 Å². The van der Waals surface area contributed by atoms with Crippen molar-refractivity contribution in [3.8, 4) is 5.69 Å². The number of halogens is 2. The van der Waals surface area contributed by atoms with Crippen molar-refractivity contribution in [2.45, 2.75) is 0 Å². The average Bonchev–Trinajstić information content (AvgIpc) is 2.63. The van der Waals surface area contributed by atoms with Crippen LogP contribution in [0.1, 0.15) is 10.5 Å². The molecule has 0 fully saturated rings. The molecule has 1 aromatic heterocycles. The molecule has 4 heteroatoms. The Bertz CT molecular complexity index is 485. The Hall–Kier alpha value is -1.97. The SMILES string of the molecule is O=Cc1cccn1-c1cc(F)cc(F)c1. The highest BCUT2D eigenvalue weighted by Gasteiger charge is 2.05. The molecule has 0 unspecified atom stereocenters. The number of hydrogen-bond acceptors (Lipinski definition) is 1. The Morgan fingerprint density at radius 2 is 1.80 bits per heavy atom. The van der Waals surface area contributed by atoms with E-state index in [0.29, 0.717) is 17.7 Å². The maximum atomic E-state index is 12.9. The third-order valence-electron chi connectivity index (χ3n) is 2.03. The molecule has 15 heavy (non-hydrogen) atoms. The first kappa shape index (κ1) is 9.58. The third kappa shape index (κ3) is 1.79. The topological polar surface area (TPSA) is 22.0 Å². The fourth-order valence-electron chi connectivity index (χ4n) is 1.40. The Balaban J connectivity index is 2.58. The highest BCUT2D eigenvalue weighted by Crippen LogP contribution is 2.14. The van der Waals surface area contributed by atoms with E-state index in [2.05, 4.69) is 0 Å². The monoisotopic (exact) mass is 207 g/mol. The molecule has 1 heterocycles. The summed E-state index contributed by atoms with van der Waals surface area (Å²) in [6.07, 6.45) is 2.20. The van der Waals surface area contributed by atoms with Gasteiger partial charge >= 0.3 is 0 Å². The Labute approximate surface area is 84.8 Å². The van der Waals surface area contributed by atoms with Crippen molar-refractivity contribution in [3.63, 3.8) is 0 Å². The van der Waals surface area contributed by atoms with Crippen LogP contribution in [0.15, 0.2) is 36.5 Å². The molecule has 0 bridgehead atoms. The van der Waals surface area contributed by atoms with Crippen LogP contribution in [-0.2, 0) is 0 Å². The Morgan fingerprint density at radius 3 is 2.40 bits per heavy atom. The van der Waals surface area contributed by atoms with Gasteiger partial charge in [-0.2, -0.15) is 0 Å². The summed E-state index contributed by atoms with van der Waals surface area (Å²) >= 11 is 0. The minimum absolute atomic E-state index is 0.291. The first-order chi connectivity index (χ1) is 7.20. The second kappa shape index (κ2) is 3.65. The van der Waals surface area contributed by atoms with Crippen molar-refractivity contribution in [3.05, 3.63) is 53.9 Å². The smallest absolute Gasteiger partial charge is 0.166 e. The molecule has 0 atom stereocenters. The molecular weight excluding hydrogens is 200 g/mol.